The molecule has 1 rings (SSSR count). The third-order valence-corrected chi connectivity index (χ3v) is 6.96. The number of halogens is 1. The molecule has 1 atom stereocenters. The normalized spacial score (nSPS) is 20.9. The molecule has 0 amide bonds. The van der Waals surface area contributed by atoms with E-state index in [1.54, 1.807) is 0 Å². The third-order valence-electron chi connectivity index (χ3n) is 3.83. The summed E-state index contributed by atoms with van der Waals surface area (Å²) in [5.74, 6) is 0.502. The van der Waals surface area contributed by atoms with Gasteiger partial charge in [0.15, 0.2) is 9.84 Å². The fraction of sp³-hybridized carbons (Fsp3) is 1.00. The summed E-state index contributed by atoms with van der Waals surface area (Å²) in [5.41, 5.74) is -0.0963. The molecular weight excluding hydrogens is 328 g/mol. The predicted molar refractivity (Wildman–Crippen MR) is 83.7 cm³/mol. The smallest absolute Gasteiger partial charge is 0.153 e. The Kier molecular flexibility index (Phi) is 7.33. The van der Waals surface area contributed by atoms with Crippen LogP contribution in [0.15, 0.2) is 0 Å². The Morgan fingerprint density at radius 2 is 1.89 bits per heavy atom. The zero-order chi connectivity index (χ0) is 14.4. The SMILES string of the molecule is CCCC(CBr)(CCC)CS(=O)(=O)CC1CCCO1. The molecule has 5 heteroatoms. The molecule has 0 N–H and O–H groups in total. The van der Waals surface area contributed by atoms with Gasteiger partial charge in [0.05, 0.1) is 17.6 Å². The lowest BCUT2D eigenvalue weighted by Gasteiger charge is -2.31. The van der Waals surface area contributed by atoms with E-state index in [1.165, 1.54) is 0 Å². The minimum atomic E-state index is -3.03. The van der Waals surface area contributed by atoms with Gasteiger partial charge in [-0.2, -0.15) is 0 Å². The Balaban J connectivity index is 2.69. The highest BCUT2D eigenvalue weighted by Gasteiger charge is 2.34. The minimum absolute atomic E-state index is 0.0683. The molecule has 3 nitrogen and oxygen atoms in total. The second-order valence-electron chi connectivity index (χ2n) is 5.82. The summed E-state index contributed by atoms with van der Waals surface area (Å²) in [6.07, 6.45) is 5.81. The maximum Gasteiger partial charge on any atom is 0.153 e. The van der Waals surface area contributed by atoms with Gasteiger partial charge in [-0.3, -0.25) is 0 Å². The molecule has 0 aromatic rings. The Labute approximate surface area is 126 Å². The van der Waals surface area contributed by atoms with Crippen molar-refractivity contribution in [2.75, 3.05) is 23.4 Å². The Hall–Kier alpha value is 0.390. The molecule has 0 aromatic heterocycles. The highest BCUT2D eigenvalue weighted by atomic mass is 79.9. The van der Waals surface area contributed by atoms with Gasteiger partial charge in [0.25, 0.3) is 0 Å². The van der Waals surface area contributed by atoms with E-state index >= 15 is 0 Å². The van der Waals surface area contributed by atoms with Crippen molar-refractivity contribution in [1.29, 1.82) is 0 Å². The fourth-order valence-corrected chi connectivity index (χ4v) is 6.38. The van der Waals surface area contributed by atoms with Crippen molar-refractivity contribution >= 4 is 25.8 Å². The maximum absolute atomic E-state index is 12.4. The number of alkyl halides is 1. The number of rotatable bonds is 9. The quantitative estimate of drug-likeness (QED) is 0.594. The van der Waals surface area contributed by atoms with E-state index in [4.69, 9.17) is 4.74 Å². The van der Waals surface area contributed by atoms with Crippen molar-refractivity contribution in [1.82, 2.24) is 0 Å². The van der Waals surface area contributed by atoms with Gasteiger partial charge in [-0.05, 0) is 31.1 Å². The number of hydrogen-bond acceptors (Lipinski definition) is 3. The van der Waals surface area contributed by atoms with Crippen LogP contribution in [0.1, 0.15) is 52.4 Å². The summed E-state index contributed by atoms with van der Waals surface area (Å²) in [6.45, 7) is 4.97. The topological polar surface area (TPSA) is 43.4 Å². The van der Waals surface area contributed by atoms with Gasteiger partial charge >= 0.3 is 0 Å². The van der Waals surface area contributed by atoms with E-state index < -0.39 is 9.84 Å². The fourth-order valence-electron chi connectivity index (χ4n) is 3.09. The molecule has 0 aliphatic carbocycles. The van der Waals surface area contributed by atoms with Crippen molar-refractivity contribution in [2.24, 2.45) is 5.41 Å². The molecule has 19 heavy (non-hydrogen) atoms. The van der Waals surface area contributed by atoms with Crippen molar-refractivity contribution in [3.05, 3.63) is 0 Å². The Bertz CT molecular complexity index is 342. The zero-order valence-electron chi connectivity index (χ0n) is 12.2. The largest absolute Gasteiger partial charge is 0.377 e. The van der Waals surface area contributed by atoms with Gasteiger partial charge in [0.2, 0.25) is 0 Å². The first-order chi connectivity index (χ1) is 8.97. The van der Waals surface area contributed by atoms with Crippen LogP contribution in [0.25, 0.3) is 0 Å². The van der Waals surface area contributed by atoms with E-state index in [2.05, 4.69) is 29.8 Å². The molecule has 1 aliphatic heterocycles. The van der Waals surface area contributed by atoms with Gasteiger partial charge < -0.3 is 4.74 Å². The summed E-state index contributed by atoms with van der Waals surface area (Å²) in [5, 5.41) is 0.770. The van der Waals surface area contributed by atoms with Crippen molar-refractivity contribution < 1.29 is 13.2 Å². The molecule has 0 saturated carbocycles. The van der Waals surface area contributed by atoms with Crippen LogP contribution >= 0.6 is 15.9 Å². The lowest BCUT2D eigenvalue weighted by atomic mass is 9.83. The van der Waals surface area contributed by atoms with Gasteiger partial charge in [-0.25, -0.2) is 8.42 Å². The molecule has 1 fully saturated rings. The van der Waals surface area contributed by atoms with E-state index in [0.717, 1.165) is 43.9 Å². The van der Waals surface area contributed by atoms with Crippen LogP contribution < -0.4 is 0 Å². The standard InChI is InChI=1S/C14H27BrO3S/c1-3-7-14(11-15,8-4-2)12-19(16,17)10-13-6-5-9-18-13/h13H,3-12H2,1-2H3. The summed E-state index contributed by atoms with van der Waals surface area (Å²) in [7, 11) is -3.03. The Morgan fingerprint density at radius 3 is 2.32 bits per heavy atom. The Morgan fingerprint density at radius 1 is 1.26 bits per heavy atom. The molecule has 114 valence electrons. The predicted octanol–water partition coefficient (Wildman–Crippen LogP) is 3.56. The van der Waals surface area contributed by atoms with Crippen LogP contribution in [0.3, 0.4) is 0 Å². The first kappa shape index (κ1) is 17.4. The average Bonchev–Trinajstić information content (AvgIpc) is 2.81. The monoisotopic (exact) mass is 354 g/mol. The second-order valence-corrected chi connectivity index (χ2v) is 8.49. The molecule has 0 radical (unpaired) electrons. The maximum atomic E-state index is 12.4. The van der Waals surface area contributed by atoms with Gasteiger partial charge in [0, 0.05) is 11.9 Å². The highest BCUT2D eigenvalue weighted by Crippen LogP contribution is 2.34. The van der Waals surface area contributed by atoms with Gasteiger partial charge in [0.1, 0.15) is 0 Å². The minimum Gasteiger partial charge on any atom is -0.377 e. The molecule has 1 saturated heterocycles. The molecular formula is C14H27BrO3S. The number of hydrogen-bond donors (Lipinski definition) is 0. The van der Waals surface area contributed by atoms with Crippen LogP contribution in [-0.2, 0) is 14.6 Å². The van der Waals surface area contributed by atoms with Crippen LogP contribution in [0, 0.1) is 5.41 Å². The third kappa shape index (κ3) is 5.72. The molecule has 1 aliphatic rings. The van der Waals surface area contributed by atoms with Gasteiger partial charge in [-0.1, -0.05) is 42.6 Å². The molecule has 0 spiro atoms. The second kappa shape index (κ2) is 7.99. The van der Waals surface area contributed by atoms with Gasteiger partial charge in [-0.15, -0.1) is 0 Å². The van der Waals surface area contributed by atoms with E-state index in [1.807, 2.05) is 0 Å². The number of ether oxygens (including phenoxy) is 1. The first-order valence-electron chi connectivity index (χ1n) is 7.35. The summed E-state index contributed by atoms with van der Waals surface area (Å²) in [6, 6.07) is 0. The highest BCUT2D eigenvalue weighted by molar-refractivity contribution is 9.09. The van der Waals surface area contributed by atoms with Crippen LogP contribution in [0.2, 0.25) is 0 Å². The van der Waals surface area contributed by atoms with Crippen LogP contribution in [-0.4, -0.2) is 38.0 Å². The zero-order valence-corrected chi connectivity index (χ0v) is 14.6. The average molecular weight is 355 g/mol. The molecule has 0 aromatic carbocycles. The lowest BCUT2D eigenvalue weighted by molar-refractivity contribution is 0.127. The van der Waals surface area contributed by atoms with Crippen molar-refractivity contribution in [3.63, 3.8) is 0 Å². The van der Waals surface area contributed by atoms with Crippen LogP contribution in [0.5, 0.6) is 0 Å². The summed E-state index contributed by atoms with van der Waals surface area (Å²) < 4.78 is 30.3. The van der Waals surface area contributed by atoms with Crippen LogP contribution in [0.4, 0.5) is 0 Å². The lowest BCUT2D eigenvalue weighted by Crippen LogP contribution is -2.35. The molecule has 0 bridgehead atoms. The van der Waals surface area contributed by atoms with Crippen molar-refractivity contribution in [3.8, 4) is 0 Å². The molecule has 1 heterocycles. The first-order valence-corrected chi connectivity index (χ1v) is 10.3. The van der Waals surface area contributed by atoms with E-state index in [9.17, 15) is 8.42 Å². The summed E-state index contributed by atoms with van der Waals surface area (Å²) >= 11 is 3.54. The molecule has 1 unspecified atom stereocenters. The van der Waals surface area contributed by atoms with E-state index in [-0.39, 0.29) is 17.3 Å². The summed E-state index contributed by atoms with van der Waals surface area (Å²) in [4.78, 5) is 0. The van der Waals surface area contributed by atoms with Crippen molar-refractivity contribution in [2.45, 2.75) is 58.5 Å². The number of sulfone groups is 1. The van der Waals surface area contributed by atoms with E-state index in [0.29, 0.717) is 12.4 Å².